The highest BCUT2D eigenvalue weighted by atomic mass is 79.9. The maximum absolute atomic E-state index is 12.0. The summed E-state index contributed by atoms with van der Waals surface area (Å²) in [4.78, 5) is 12.5. The molecule has 0 unspecified atom stereocenters. The molecule has 0 bridgehead atoms. The van der Waals surface area contributed by atoms with Gasteiger partial charge in [-0.2, -0.15) is 0 Å². The summed E-state index contributed by atoms with van der Waals surface area (Å²) in [6.45, 7) is 7.69. The molecule has 0 saturated carbocycles. The number of nitrogens with zero attached hydrogens (tertiary/aromatic N) is 2. The lowest BCUT2D eigenvalue weighted by Gasteiger charge is -2.16. The standard InChI is InChI=1S/C11H18BrN3O2S/c1-11(2,3)9-8(18-15-14-9)10(16)13-5-7-17-6-4-12/h4-7H2,1-3H3,(H,13,16). The van der Waals surface area contributed by atoms with Gasteiger partial charge in [0.25, 0.3) is 5.91 Å². The fourth-order valence-electron chi connectivity index (χ4n) is 1.30. The molecule has 1 heterocycles. The lowest BCUT2D eigenvalue weighted by atomic mass is 9.91. The Hall–Kier alpha value is -0.530. The number of alkyl halides is 1. The number of carbonyl (C=O) groups excluding carboxylic acids is 1. The van der Waals surface area contributed by atoms with Crippen molar-refractivity contribution < 1.29 is 9.53 Å². The van der Waals surface area contributed by atoms with Crippen LogP contribution in [0.2, 0.25) is 0 Å². The molecule has 1 aromatic heterocycles. The van der Waals surface area contributed by atoms with Crippen LogP contribution in [-0.2, 0) is 10.2 Å². The summed E-state index contributed by atoms with van der Waals surface area (Å²) in [5.74, 6) is -0.127. The predicted molar refractivity (Wildman–Crippen MR) is 75.6 cm³/mol. The van der Waals surface area contributed by atoms with Crippen molar-refractivity contribution in [2.45, 2.75) is 26.2 Å². The summed E-state index contributed by atoms with van der Waals surface area (Å²) < 4.78 is 9.12. The zero-order valence-corrected chi connectivity index (χ0v) is 13.2. The molecule has 5 nitrogen and oxygen atoms in total. The van der Waals surface area contributed by atoms with Crippen molar-refractivity contribution in [3.63, 3.8) is 0 Å². The molecule has 102 valence electrons. The number of hydrogen-bond donors (Lipinski definition) is 1. The maximum atomic E-state index is 12.0. The minimum atomic E-state index is -0.174. The molecule has 0 atom stereocenters. The van der Waals surface area contributed by atoms with Crippen LogP contribution in [0.1, 0.15) is 36.1 Å². The Bertz CT molecular complexity index is 390. The Balaban J connectivity index is 2.50. The van der Waals surface area contributed by atoms with Gasteiger partial charge >= 0.3 is 0 Å². The minimum absolute atomic E-state index is 0.127. The maximum Gasteiger partial charge on any atom is 0.265 e. The Morgan fingerprint density at radius 3 is 2.78 bits per heavy atom. The molecule has 0 aliphatic rings. The van der Waals surface area contributed by atoms with Crippen LogP contribution in [0.25, 0.3) is 0 Å². The average Bonchev–Trinajstić information content (AvgIpc) is 2.77. The number of carbonyl (C=O) groups is 1. The van der Waals surface area contributed by atoms with Crippen molar-refractivity contribution in [1.29, 1.82) is 0 Å². The fourth-order valence-corrected chi connectivity index (χ4v) is 2.33. The molecule has 0 radical (unpaired) electrons. The molecule has 1 amide bonds. The van der Waals surface area contributed by atoms with Crippen LogP contribution in [0, 0.1) is 0 Å². The van der Waals surface area contributed by atoms with Crippen LogP contribution >= 0.6 is 27.5 Å². The molecule has 7 heteroatoms. The highest BCUT2D eigenvalue weighted by Crippen LogP contribution is 2.25. The van der Waals surface area contributed by atoms with Gasteiger partial charge in [-0.3, -0.25) is 4.79 Å². The summed E-state index contributed by atoms with van der Waals surface area (Å²) in [6.07, 6.45) is 0. The molecule has 0 aliphatic carbocycles. The first-order chi connectivity index (χ1) is 8.46. The van der Waals surface area contributed by atoms with Gasteiger partial charge in [-0.05, 0) is 11.5 Å². The summed E-state index contributed by atoms with van der Waals surface area (Å²) in [6, 6.07) is 0. The molecule has 0 aliphatic heterocycles. The third-order valence-electron chi connectivity index (χ3n) is 2.16. The van der Waals surface area contributed by atoms with E-state index in [9.17, 15) is 4.79 Å². The number of hydrogen-bond acceptors (Lipinski definition) is 5. The first-order valence-corrected chi connectivity index (χ1v) is 7.61. The third kappa shape index (κ3) is 4.62. The molecule has 1 rings (SSSR count). The monoisotopic (exact) mass is 335 g/mol. The smallest absolute Gasteiger partial charge is 0.265 e. The first kappa shape index (κ1) is 15.5. The van der Waals surface area contributed by atoms with Gasteiger partial charge in [0, 0.05) is 17.3 Å². The van der Waals surface area contributed by atoms with Crippen molar-refractivity contribution in [3.8, 4) is 0 Å². The molecular weight excluding hydrogens is 318 g/mol. The molecule has 0 saturated heterocycles. The summed E-state index contributed by atoms with van der Waals surface area (Å²) >= 11 is 4.40. The Labute approximate surface area is 120 Å². The van der Waals surface area contributed by atoms with Crippen LogP contribution in [0.5, 0.6) is 0 Å². The normalized spacial score (nSPS) is 11.6. The van der Waals surface area contributed by atoms with E-state index in [4.69, 9.17) is 4.74 Å². The van der Waals surface area contributed by atoms with Crippen molar-refractivity contribution in [2.24, 2.45) is 0 Å². The lowest BCUT2D eigenvalue weighted by molar-refractivity contribution is 0.0926. The number of halogens is 1. The van der Waals surface area contributed by atoms with E-state index >= 15 is 0 Å². The molecule has 18 heavy (non-hydrogen) atoms. The van der Waals surface area contributed by atoms with Gasteiger partial charge in [0.05, 0.1) is 18.9 Å². The van der Waals surface area contributed by atoms with Crippen LogP contribution in [0.15, 0.2) is 0 Å². The summed E-state index contributed by atoms with van der Waals surface area (Å²) in [7, 11) is 0. The van der Waals surface area contributed by atoms with Gasteiger partial charge in [0.15, 0.2) is 0 Å². The van der Waals surface area contributed by atoms with Gasteiger partial charge in [0.1, 0.15) is 4.88 Å². The zero-order chi connectivity index (χ0) is 13.6. The van der Waals surface area contributed by atoms with Crippen LogP contribution < -0.4 is 5.32 Å². The largest absolute Gasteiger partial charge is 0.379 e. The second kappa shape index (κ2) is 7.16. The van der Waals surface area contributed by atoms with Crippen molar-refractivity contribution in [1.82, 2.24) is 14.9 Å². The van der Waals surface area contributed by atoms with E-state index in [1.165, 1.54) is 0 Å². The second-order valence-corrected chi connectivity index (χ2v) is 6.31. The lowest BCUT2D eigenvalue weighted by Crippen LogP contribution is -2.29. The Kier molecular flexibility index (Phi) is 6.17. The van der Waals surface area contributed by atoms with E-state index in [-0.39, 0.29) is 11.3 Å². The van der Waals surface area contributed by atoms with Crippen LogP contribution in [0.4, 0.5) is 0 Å². The van der Waals surface area contributed by atoms with Gasteiger partial charge in [-0.25, -0.2) is 0 Å². The molecule has 0 aromatic carbocycles. The predicted octanol–water partition coefficient (Wildman–Crippen LogP) is 1.98. The van der Waals surface area contributed by atoms with Crippen molar-refractivity contribution in [3.05, 3.63) is 10.6 Å². The van der Waals surface area contributed by atoms with Crippen LogP contribution in [0.3, 0.4) is 0 Å². The van der Waals surface area contributed by atoms with Crippen LogP contribution in [-0.4, -0.2) is 40.6 Å². The van der Waals surface area contributed by atoms with E-state index in [2.05, 4.69) is 30.8 Å². The fraction of sp³-hybridized carbons (Fsp3) is 0.727. The quantitative estimate of drug-likeness (QED) is 0.637. The van der Waals surface area contributed by atoms with Crippen molar-refractivity contribution >= 4 is 33.4 Å². The number of ether oxygens (including phenoxy) is 1. The van der Waals surface area contributed by atoms with Gasteiger partial charge in [0.2, 0.25) is 0 Å². The third-order valence-corrected chi connectivity index (χ3v) is 3.21. The summed E-state index contributed by atoms with van der Waals surface area (Å²) in [5, 5.41) is 7.64. The van der Waals surface area contributed by atoms with E-state index in [0.717, 1.165) is 22.6 Å². The molecule has 0 fully saturated rings. The number of nitrogens with one attached hydrogen (secondary N) is 1. The highest BCUT2D eigenvalue weighted by molar-refractivity contribution is 9.09. The molecule has 0 spiro atoms. The van der Waals surface area contributed by atoms with E-state index in [1.54, 1.807) is 0 Å². The number of rotatable bonds is 6. The molecular formula is C11H18BrN3O2S. The number of aromatic nitrogens is 2. The zero-order valence-electron chi connectivity index (χ0n) is 10.8. The minimum Gasteiger partial charge on any atom is -0.379 e. The molecule has 1 N–H and O–H groups in total. The topological polar surface area (TPSA) is 64.1 Å². The molecule has 1 aromatic rings. The number of amides is 1. The highest BCUT2D eigenvalue weighted by Gasteiger charge is 2.25. The van der Waals surface area contributed by atoms with Gasteiger partial charge in [-0.15, -0.1) is 5.10 Å². The Morgan fingerprint density at radius 1 is 1.44 bits per heavy atom. The van der Waals surface area contributed by atoms with E-state index in [1.807, 2.05) is 20.8 Å². The van der Waals surface area contributed by atoms with E-state index < -0.39 is 0 Å². The van der Waals surface area contributed by atoms with Gasteiger partial charge in [-0.1, -0.05) is 41.2 Å². The SMILES string of the molecule is CC(C)(C)c1nnsc1C(=O)NCCOCCBr. The van der Waals surface area contributed by atoms with Gasteiger partial charge < -0.3 is 10.1 Å². The van der Waals surface area contributed by atoms with E-state index in [0.29, 0.717) is 24.6 Å². The summed E-state index contributed by atoms with van der Waals surface area (Å²) in [5.41, 5.74) is 0.568. The second-order valence-electron chi connectivity index (χ2n) is 4.76. The van der Waals surface area contributed by atoms with Crippen molar-refractivity contribution in [2.75, 3.05) is 25.1 Å². The first-order valence-electron chi connectivity index (χ1n) is 5.71. The average molecular weight is 336 g/mol. The Morgan fingerprint density at radius 2 is 2.17 bits per heavy atom.